The van der Waals surface area contributed by atoms with Crippen molar-refractivity contribution in [1.82, 2.24) is 10.0 Å². The lowest BCUT2D eigenvalue weighted by Crippen LogP contribution is -2.42. The Morgan fingerprint density at radius 3 is 2.23 bits per heavy atom. The average Bonchev–Trinajstić information content (AvgIpc) is 3.33. The SMILES string of the molecule is COC(=O)C1=C(C(=O)OC)N2[C@H](c3ccc([N+](=O)[O-])cc3)CC3=C(C)C(C)(C)[C@@H]1N32. The summed E-state index contributed by atoms with van der Waals surface area (Å²) in [6.45, 7) is 6.12. The van der Waals surface area contributed by atoms with E-state index in [4.69, 9.17) is 9.47 Å². The molecule has 0 N–H and O–H groups in total. The van der Waals surface area contributed by atoms with Gasteiger partial charge in [-0.25, -0.2) is 9.59 Å². The van der Waals surface area contributed by atoms with Crippen LogP contribution in [0.4, 0.5) is 5.69 Å². The molecule has 3 heterocycles. The maximum absolute atomic E-state index is 12.8. The van der Waals surface area contributed by atoms with Gasteiger partial charge >= 0.3 is 11.9 Å². The molecule has 1 aromatic carbocycles. The fraction of sp³-hybridized carbons (Fsp3) is 0.429. The van der Waals surface area contributed by atoms with Crippen LogP contribution >= 0.6 is 0 Å². The van der Waals surface area contributed by atoms with Gasteiger partial charge in [-0.2, -0.15) is 0 Å². The molecule has 3 aliphatic rings. The van der Waals surface area contributed by atoms with Crippen LogP contribution in [0.15, 0.2) is 46.8 Å². The largest absolute Gasteiger partial charge is 0.466 e. The molecule has 2 atom stereocenters. The van der Waals surface area contributed by atoms with E-state index < -0.39 is 28.3 Å². The summed E-state index contributed by atoms with van der Waals surface area (Å²) in [5.74, 6) is -1.19. The highest BCUT2D eigenvalue weighted by molar-refractivity contribution is 6.02. The first-order valence-corrected chi connectivity index (χ1v) is 9.58. The van der Waals surface area contributed by atoms with Gasteiger partial charge in [-0.3, -0.25) is 20.1 Å². The van der Waals surface area contributed by atoms with Gasteiger partial charge in [0.25, 0.3) is 5.69 Å². The Bertz CT molecular complexity index is 1020. The van der Waals surface area contributed by atoms with Crippen LogP contribution in [0.3, 0.4) is 0 Å². The summed E-state index contributed by atoms with van der Waals surface area (Å²) in [5, 5.41) is 14.8. The van der Waals surface area contributed by atoms with E-state index in [1.54, 1.807) is 17.1 Å². The zero-order chi connectivity index (χ0) is 22.0. The summed E-state index contributed by atoms with van der Waals surface area (Å²) in [4.78, 5) is 36.2. The molecule has 1 saturated heterocycles. The van der Waals surface area contributed by atoms with E-state index >= 15 is 0 Å². The molecule has 0 bridgehead atoms. The molecule has 0 amide bonds. The van der Waals surface area contributed by atoms with E-state index in [9.17, 15) is 19.7 Å². The van der Waals surface area contributed by atoms with Crippen molar-refractivity contribution < 1.29 is 24.0 Å². The standard InChI is InChI=1S/C21H23N3O6/c1-11-14-10-15(12-6-8-13(9-7-12)24(27)28)22-17(20(26)30-5)16(19(25)29-4)18(23(14)22)21(11,2)3/h6-9,15,18H,10H2,1-5H3/t15-,18+/m0/s1. The number of esters is 2. The molecular weight excluding hydrogens is 390 g/mol. The number of rotatable bonds is 4. The van der Waals surface area contributed by atoms with Gasteiger partial charge < -0.3 is 9.47 Å². The Morgan fingerprint density at radius 1 is 1.10 bits per heavy atom. The van der Waals surface area contributed by atoms with E-state index in [0.717, 1.165) is 16.8 Å². The highest BCUT2D eigenvalue weighted by Crippen LogP contribution is 2.60. The van der Waals surface area contributed by atoms with Gasteiger partial charge in [0, 0.05) is 29.7 Å². The Labute approximate surface area is 173 Å². The zero-order valence-corrected chi connectivity index (χ0v) is 17.5. The number of benzene rings is 1. The second kappa shape index (κ2) is 6.58. The maximum Gasteiger partial charge on any atom is 0.356 e. The minimum Gasteiger partial charge on any atom is -0.466 e. The predicted octanol–water partition coefficient (Wildman–Crippen LogP) is 2.85. The zero-order valence-electron chi connectivity index (χ0n) is 17.5. The minimum absolute atomic E-state index is 0.00735. The molecule has 0 radical (unpaired) electrons. The van der Waals surface area contributed by atoms with Crippen LogP contribution in [0, 0.1) is 15.5 Å². The summed E-state index contributed by atoms with van der Waals surface area (Å²) in [5.41, 5.74) is 3.00. The van der Waals surface area contributed by atoms with Crippen molar-refractivity contribution in [3.8, 4) is 0 Å². The molecule has 9 heteroatoms. The minimum atomic E-state index is -0.619. The van der Waals surface area contributed by atoms with Gasteiger partial charge in [-0.1, -0.05) is 26.0 Å². The molecule has 158 valence electrons. The molecule has 9 nitrogen and oxygen atoms in total. The Morgan fingerprint density at radius 2 is 1.70 bits per heavy atom. The fourth-order valence-electron chi connectivity index (χ4n) is 4.83. The second-order valence-electron chi connectivity index (χ2n) is 8.20. The first-order chi connectivity index (χ1) is 14.1. The Kier molecular flexibility index (Phi) is 4.37. The van der Waals surface area contributed by atoms with Gasteiger partial charge in [0.1, 0.15) is 0 Å². The normalized spacial score (nSPS) is 23.8. The van der Waals surface area contributed by atoms with E-state index in [-0.39, 0.29) is 23.0 Å². The molecular formula is C21H23N3O6. The number of methoxy groups -OCH3 is 2. The van der Waals surface area contributed by atoms with Crippen molar-refractivity contribution >= 4 is 17.6 Å². The van der Waals surface area contributed by atoms with E-state index in [1.165, 1.54) is 26.4 Å². The van der Waals surface area contributed by atoms with Gasteiger partial charge in [0.2, 0.25) is 0 Å². The van der Waals surface area contributed by atoms with Crippen molar-refractivity contribution in [3.05, 3.63) is 62.5 Å². The first kappa shape index (κ1) is 19.9. The Hall–Kier alpha value is -3.36. The van der Waals surface area contributed by atoms with Crippen LogP contribution < -0.4 is 0 Å². The molecule has 3 aliphatic heterocycles. The highest BCUT2D eigenvalue weighted by Gasteiger charge is 2.62. The third-order valence-electron chi connectivity index (χ3n) is 6.55. The first-order valence-electron chi connectivity index (χ1n) is 9.58. The molecule has 0 aromatic heterocycles. The lowest BCUT2D eigenvalue weighted by atomic mass is 9.77. The molecule has 1 aromatic rings. The molecule has 30 heavy (non-hydrogen) atoms. The molecule has 0 spiro atoms. The molecule has 1 fully saturated rings. The number of hydrazine groups is 1. The second-order valence-corrected chi connectivity index (χ2v) is 8.20. The average molecular weight is 413 g/mol. The quantitative estimate of drug-likeness (QED) is 0.422. The number of non-ortho nitro benzene ring substituents is 1. The lowest BCUT2D eigenvalue weighted by molar-refractivity contribution is -0.384. The summed E-state index contributed by atoms with van der Waals surface area (Å²) in [6.07, 6.45) is 0.610. The van der Waals surface area contributed by atoms with Crippen molar-refractivity contribution in [2.45, 2.75) is 39.3 Å². The third kappa shape index (κ3) is 2.47. The van der Waals surface area contributed by atoms with Crippen molar-refractivity contribution in [2.24, 2.45) is 5.41 Å². The highest BCUT2D eigenvalue weighted by atomic mass is 16.6. The van der Waals surface area contributed by atoms with E-state index in [1.807, 2.05) is 25.8 Å². The number of hydrogen-bond acceptors (Lipinski definition) is 8. The van der Waals surface area contributed by atoms with E-state index in [2.05, 4.69) is 0 Å². The van der Waals surface area contributed by atoms with Crippen molar-refractivity contribution in [2.75, 3.05) is 14.2 Å². The summed E-state index contributed by atoms with van der Waals surface area (Å²) < 4.78 is 10.1. The van der Waals surface area contributed by atoms with Crippen LogP contribution in [0.5, 0.6) is 0 Å². The molecule has 4 rings (SSSR count). The molecule has 0 aliphatic carbocycles. The number of carbonyl (C=O) groups is 2. The van der Waals surface area contributed by atoms with Gasteiger partial charge in [0.15, 0.2) is 5.70 Å². The number of carbonyl (C=O) groups excluding carboxylic acids is 2. The number of nitro groups is 1. The summed E-state index contributed by atoms with van der Waals surface area (Å²) in [7, 11) is 2.57. The number of hydrogen-bond donors (Lipinski definition) is 0. The monoisotopic (exact) mass is 413 g/mol. The van der Waals surface area contributed by atoms with Crippen molar-refractivity contribution in [1.29, 1.82) is 0 Å². The Balaban J connectivity index is 1.91. The summed E-state index contributed by atoms with van der Waals surface area (Å²) >= 11 is 0. The van der Waals surface area contributed by atoms with Gasteiger partial charge in [-0.05, 0) is 18.1 Å². The van der Waals surface area contributed by atoms with Crippen molar-refractivity contribution in [3.63, 3.8) is 0 Å². The predicted molar refractivity (Wildman–Crippen MR) is 105 cm³/mol. The number of ether oxygens (including phenoxy) is 2. The topological polar surface area (TPSA) is 102 Å². The van der Waals surface area contributed by atoms with Crippen LogP contribution in [-0.4, -0.2) is 47.1 Å². The molecule has 0 unspecified atom stereocenters. The van der Waals surface area contributed by atoms with E-state index in [0.29, 0.717) is 6.42 Å². The van der Waals surface area contributed by atoms with Crippen LogP contribution in [0.1, 0.15) is 38.8 Å². The maximum atomic E-state index is 12.8. The molecule has 0 saturated carbocycles. The number of nitro benzene ring substituents is 1. The van der Waals surface area contributed by atoms with Crippen LogP contribution in [0.25, 0.3) is 0 Å². The van der Waals surface area contributed by atoms with Crippen LogP contribution in [-0.2, 0) is 19.1 Å². The summed E-state index contributed by atoms with van der Waals surface area (Å²) in [6, 6.07) is 5.57. The lowest BCUT2D eigenvalue weighted by Gasteiger charge is -2.35. The third-order valence-corrected chi connectivity index (χ3v) is 6.55. The fourth-order valence-corrected chi connectivity index (χ4v) is 4.83. The van der Waals surface area contributed by atoms with Gasteiger partial charge in [0.05, 0.1) is 36.8 Å². The smallest absolute Gasteiger partial charge is 0.356 e. The number of nitrogens with zero attached hydrogens (tertiary/aromatic N) is 3. The van der Waals surface area contributed by atoms with Gasteiger partial charge in [-0.15, -0.1) is 0 Å². The van der Waals surface area contributed by atoms with Crippen LogP contribution in [0.2, 0.25) is 0 Å².